The van der Waals surface area contributed by atoms with Gasteiger partial charge in [-0.05, 0) is 55.1 Å². The van der Waals surface area contributed by atoms with E-state index in [4.69, 9.17) is 4.74 Å². The Morgan fingerprint density at radius 3 is 2.79 bits per heavy atom. The molecule has 0 amide bonds. The Hall–Kier alpha value is -0.860. The molecule has 0 spiro atoms. The van der Waals surface area contributed by atoms with E-state index in [1.54, 1.807) is 5.56 Å². The summed E-state index contributed by atoms with van der Waals surface area (Å²) in [5.41, 5.74) is 2.98. The molecule has 3 aliphatic rings. The molecule has 1 aliphatic heterocycles. The van der Waals surface area contributed by atoms with Gasteiger partial charge in [0.2, 0.25) is 0 Å². The molecule has 19 heavy (non-hydrogen) atoms. The molecule has 0 radical (unpaired) electrons. The SMILES string of the molecule is c1cc(CNC2CCOC2C2CC2)cc(C2CC2)c1. The van der Waals surface area contributed by atoms with E-state index in [1.807, 2.05) is 0 Å². The van der Waals surface area contributed by atoms with Gasteiger partial charge in [0, 0.05) is 19.2 Å². The van der Waals surface area contributed by atoms with Crippen LogP contribution in [0.25, 0.3) is 0 Å². The molecule has 4 rings (SSSR count). The second-order valence-electron chi connectivity index (χ2n) is 6.47. The van der Waals surface area contributed by atoms with Crippen LogP contribution in [0.3, 0.4) is 0 Å². The lowest BCUT2D eigenvalue weighted by atomic mass is 10.0. The van der Waals surface area contributed by atoms with Gasteiger partial charge in [0.05, 0.1) is 6.10 Å². The Kier molecular flexibility index (Phi) is 3.08. The summed E-state index contributed by atoms with van der Waals surface area (Å²) in [4.78, 5) is 0. The van der Waals surface area contributed by atoms with Crippen molar-refractivity contribution in [3.63, 3.8) is 0 Å². The number of benzene rings is 1. The molecule has 1 N–H and O–H groups in total. The molecular weight excluding hydrogens is 234 g/mol. The molecule has 1 aromatic carbocycles. The van der Waals surface area contributed by atoms with Gasteiger partial charge in [-0.2, -0.15) is 0 Å². The lowest BCUT2D eigenvalue weighted by Gasteiger charge is -2.19. The maximum absolute atomic E-state index is 5.89. The molecular formula is C17H23NO. The van der Waals surface area contributed by atoms with Crippen molar-refractivity contribution in [1.82, 2.24) is 5.32 Å². The molecule has 0 bridgehead atoms. The van der Waals surface area contributed by atoms with Gasteiger partial charge in [-0.25, -0.2) is 0 Å². The van der Waals surface area contributed by atoms with E-state index in [1.165, 1.54) is 37.7 Å². The highest BCUT2D eigenvalue weighted by molar-refractivity contribution is 5.29. The molecule has 102 valence electrons. The van der Waals surface area contributed by atoms with E-state index in [9.17, 15) is 0 Å². The van der Waals surface area contributed by atoms with Crippen LogP contribution < -0.4 is 5.32 Å². The van der Waals surface area contributed by atoms with E-state index in [2.05, 4.69) is 29.6 Å². The number of hydrogen-bond acceptors (Lipinski definition) is 2. The first-order chi connectivity index (χ1) is 9.40. The summed E-state index contributed by atoms with van der Waals surface area (Å²) in [7, 11) is 0. The first kappa shape index (κ1) is 11.9. The van der Waals surface area contributed by atoms with Crippen molar-refractivity contribution < 1.29 is 4.74 Å². The fraction of sp³-hybridized carbons (Fsp3) is 0.647. The van der Waals surface area contributed by atoms with Crippen LogP contribution in [-0.4, -0.2) is 18.8 Å². The summed E-state index contributed by atoms with van der Waals surface area (Å²) in [6.45, 7) is 1.94. The summed E-state index contributed by atoms with van der Waals surface area (Å²) in [6.07, 6.45) is 7.20. The Labute approximate surface area is 115 Å². The average molecular weight is 257 g/mol. The molecule has 2 unspecified atom stereocenters. The van der Waals surface area contributed by atoms with Crippen molar-refractivity contribution in [2.45, 2.75) is 56.7 Å². The first-order valence-corrected chi connectivity index (χ1v) is 7.84. The average Bonchev–Trinajstić information content (AvgIpc) is 3.35. The Morgan fingerprint density at radius 2 is 2.00 bits per heavy atom. The zero-order valence-corrected chi connectivity index (χ0v) is 11.5. The highest BCUT2D eigenvalue weighted by Gasteiger charge is 2.40. The number of rotatable bonds is 5. The van der Waals surface area contributed by atoms with Crippen LogP contribution in [-0.2, 0) is 11.3 Å². The highest BCUT2D eigenvalue weighted by atomic mass is 16.5. The fourth-order valence-corrected chi connectivity index (χ4v) is 3.34. The second kappa shape index (κ2) is 4.92. The van der Waals surface area contributed by atoms with Crippen LogP contribution in [0.5, 0.6) is 0 Å². The zero-order chi connectivity index (χ0) is 12.7. The second-order valence-corrected chi connectivity index (χ2v) is 6.47. The predicted molar refractivity (Wildman–Crippen MR) is 76.1 cm³/mol. The third-order valence-electron chi connectivity index (χ3n) is 4.79. The smallest absolute Gasteiger partial charge is 0.0757 e. The lowest BCUT2D eigenvalue weighted by Crippen LogP contribution is -2.37. The van der Waals surface area contributed by atoms with Crippen molar-refractivity contribution >= 4 is 0 Å². The first-order valence-electron chi connectivity index (χ1n) is 7.84. The molecule has 2 aliphatic carbocycles. The van der Waals surface area contributed by atoms with Gasteiger partial charge < -0.3 is 10.1 Å². The standard InChI is InChI=1S/C17H23NO/c1-2-12(10-15(3-1)13-4-5-13)11-18-16-8-9-19-17(16)14-6-7-14/h1-3,10,13-14,16-18H,4-9,11H2. The summed E-state index contributed by atoms with van der Waals surface area (Å²) >= 11 is 0. The molecule has 2 heteroatoms. The van der Waals surface area contributed by atoms with Crippen LogP contribution in [0.1, 0.15) is 49.1 Å². The number of nitrogens with one attached hydrogen (secondary N) is 1. The maximum atomic E-state index is 5.89. The van der Waals surface area contributed by atoms with Crippen molar-refractivity contribution in [3.05, 3.63) is 35.4 Å². The zero-order valence-electron chi connectivity index (χ0n) is 11.5. The van der Waals surface area contributed by atoms with Crippen LogP contribution in [0.4, 0.5) is 0 Å². The summed E-state index contributed by atoms with van der Waals surface area (Å²) in [5, 5.41) is 3.73. The van der Waals surface area contributed by atoms with Crippen LogP contribution in [0, 0.1) is 5.92 Å². The van der Waals surface area contributed by atoms with Gasteiger partial charge in [0.25, 0.3) is 0 Å². The quantitative estimate of drug-likeness (QED) is 0.874. The van der Waals surface area contributed by atoms with Gasteiger partial charge in [-0.1, -0.05) is 24.3 Å². The maximum Gasteiger partial charge on any atom is 0.0757 e. The molecule has 1 heterocycles. The Balaban J connectivity index is 1.37. The van der Waals surface area contributed by atoms with E-state index >= 15 is 0 Å². The summed E-state index contributed by atoms with van der Waals surface area (Å²) < 4.78 is 5.89. The monoisotopic (exact) mass is 257 g/mol. The molecule has 0 aromatic heterocycles. The van der Waals surface area contributed by atoms with Crippen molar-refractivity contribution in [1.29, 1.82) is 0 Å². The largest absolute Gasteiger partial charge is 0.376 e. The highest BCUT2D eigenvalue weighted by Crippen LogP contribution is 2.40. The van der Waals surface area contributed by atoms with Crippen LogP contribution in [0.2, 0.25) is 0 Å². The van der Waals surface area contributed by atoms with Crippen LogP contribution in [0.15, 0.2) is 24.3 Å². The van der Waals surface area contributed by atoms with Crippen molar-refractivity contribution in [2.24, 2.45) is 5.92 Å². The fourth-order valence-electron chi connectivity index (χ4n) is 3.34. The van der Waals surface area contributed by atoms with Gasteiger partial charge in [0.1, 0.15) is 0 Å². The number of hydrogen-bond donors (Lipinski definition) is 1. The normalized spacial score (nSPS) is 30.7. The topological polar surface area (TPSA) is 21.3 Å². The molecule has 2 atom stereocenters. The van der Waals surface area contributed by atoms with Gasteiger partial charge in [0.15, 0.2) is 0 Å². The van der Waals surface area contributed by atoms with Gasteiger partial charge >= 0.3 is 0 Å². The molecule has 2 saturated carbocycles. The van der Waals surface area contributed by atoms with Gasteiger partial charge in [-0.15, -0.1) is 0 Å². The third kappa shape index (κ3) is 2.70. The van der Waals surface area contributed by atoms with E-state index in [-0.39, 0.29) is 0 Å². The number of ether oxygens (including phenoxy) is 1. The molecule has 1 aromatic rings. The minimum atomic E-state index is 0.492. The Morgan fingerprint density at radius 1 is 1.11 bits per heavy atom. The lowest BCUT2D eigenvalue weighted by molar-refractivity contribution is 0.0809. The van der Waals surface area contributed by atoms with E-state index in [0.29, 0.717) is 12.1 Å². The summed E-state index contributed by atoms with van der Waals surface area (Å²) in [5.74, 6) is 1.70. The van der Waals surface area contributed by atoms with Crippen molar-refractivity contribution in [2.75, 3.05) is 6.61 Å². The molecule has 3 fully saturated rings. The van der Waals surface area contributed by atoms with E-state index in [0.717, 1.165) is 25.0 Å². The van der Waals surface area contributed by atoms with Crippen molar-refractivity contribution in [3.8, 4) is 0 Å². The van der Waals surface area contributed by atoms with E-state index < -0.39 is 0 Å². The minimum absolute atomic E-state index is 0.492. The van der Waals surface area contributed by atoms with Gasteiger partial charge in [-0.3, -0.25) is 0 Å². The Bertz CT molecular complexity index is 450. The molecule has 1 saturated heterocycles. The van der Waals surface area contributed by atoms with Crippen LogP contribution >= 0.6 is 0 Å². The molecule has 2 nitrogen and oxygen atoms in total. The minimum Gasteiger partial charge on any atom is -0.376 e. The predicted octanol–water partition coefficient (Wildman–Crippen LogP) is 3.22. The summed E-state index contributed by atoms with van der Waals surface area (Å²) in [6, 6.07) is 9.73. The third-order valence-corrected chi connectivity index (χ3v) is 4.79.